The largest absolute Gasteiger partial charge is 0.393 e. The van der Waals surface area contributed by atoms with Crippen LogP contribution < -0.4 is 11.1 Å². The van der Waals surface area contributed by atoms with Gasteiger partial charge in [-0.05, 0) is 48.8 Å². The normalized spacial score (nSPS) is 24.7. The fourth-order valence-corrected chi connectivity index (χ4v) is 2.36. The Bertz CT molecular complexity index is 399. The number of anilines is 2. The van der Waals surface area contributed by atoms with Crippen LogP contribution in [0.4, 0.5) is 11.8 Å². The van der Waals surface area contributed by atoms with Crippen molar-refractivity contribution in [2.75, 3.05) is 11.1 Å². The molecule has 0 radical (unpaired) electrons. The van der Waals surface area contributed by atoms with Crippen molar-refractivity contribution in [3.63, 3.8) is 0 Å². The summed E-state index contributed by atoms with van der Waals surface area (Å²) in [6.45, 7) is 1.91. The monoisotopic (exact) mass is 334 g/mol. The molecule has 1 aliphatic carbocycles. The number of aliphatic hydroxyl groups is 1. The Labute approximate surface area is 108 Å². The molecular weight excluding hydrogens is 319 g/mol. The molecule has 1 saturated carbocycles. The summed E-state index contributed by atoms with van der Waals surface area (Å²) < 4.78 is 0.994. The third-order valence-corrected chi connectivity index (χ3v) is 4.07. The van der Waals surface area contributed by atoms with Gasteiger partial charge in [0, 0.05) is 6.04 Å². The van der Waals surface area contributed by atoms with Crippen molar-refractivity contribution in [3.05, 3.63) is 9.26 Å². The van der Waals surface area contributed by atoms with Crippen molar-refractivity contribution in [1.29, 1.82) is 0 Å². The van der Waals surface area contributed by atoms with E-state index in [0.29, 0.717) is 5.95 Å². The van der Waals surface area contributed by atoms with E-state index in [-0.39, 0.29) is 12.1 Å². The number of aryl methyl sites for hydroxylation is 1. The van der Waals surface area contributed by atoms with E-state index in [9.17, 15) is 5.11 Å². The van der Waals surface area contributed by atoms with Crippen molar-refractivity contribution in [2.45, 2.75) is 38.3 Å². The Kier molecular flexibility index (Phi) is 3.48. The van der Waals surface area contributed by atoms with Crippen LogP contribution in [-0.4, -0.2) is 27.2 Å². The zero-order valence-electron chi connectivity index (χ0n) is 9.07. The Morgan fingerprint density at radius 1 is 1.44 bits per heavy atom. The van der Waals surface area contributed by atoms with Crippen molar-refractivity contribution >= 4 is 34.4 Å². The van der Waals surface area contributed by atoms with E-state index in [1.54, 1.807) is 0 Å². The second kappa shape index (κ2) is 4.70. The molecule has 1 aromatic rings. The molecule has 2 rings (SSSR count). The maximum Gasteiger partial charge on any atom is 0.222 e. The molecule has 0 aliphatic heterocycles. The number of rotatable bonds is 2. The van der Waals surface area contributed by atoms with Crippen LogP contribution in [0.25, 0.3) is 0 Å². The first-order valence-electron chi connectivity index (χ1n) is 5.30. The number of nitrogens with one attached hydrogen (secondary N) is 1. The number of hydrogen-bond donors (Lipinski definition) is 3. The lowest BCUT2D eigenvalue weighted by atomic mass is 10.2. The second-order valence-corrected chi connectivity index (χ2v) is 5.22. The van der Waals surface area contributed by atoms with E-state index in [2.05, 4.69) is 37.9 Å². The highest BCUT2D eigenvalue weighted by Crippen LogP contribution is 2.25. The van der Waals surface area contributed by atoms with E-state index >= 15 is 0 Å². The summed E-state index contributed by atoms with van der Waals surface area (Å²) in [7, 11) is 0. The van der Waals surface area contributed by atoms with Crippen LogP contribution in [0.1, 0.15) is 25.0 Å². The first-order valence-corrected chi connectivity index (χ1v) is 6.38. The van der Waals surface area contributed by atoms with Gasteiger partial charge in [0.05, 0.1) is 15.4 Å². The fourth-order valence-electron chi connectivity index (χ4n) is 1.96. The zero-order chi connectivity index (χ0) is 11.7. The predicted octanol–water partition coefficient (Wildman–Crippen LogP) is 1.30. The first kappa shape index (κ1) is 11.8. The standard InChI is InChI=1S/C10H15IN4O/c1-5-8(11)9(15-10(12)13-5)14-6-2-3-7(16)4-6/h6-7,16H,2-4H2,1H3,(H3,12,13,14,15)/t6-,7-/m1/s1. The van der Waals surface area contributed by atoms with Gasteiger partial charge in [-0.25, -0.2) is 4.98 Å². The van der Waals surface area contributed by atoms with Crippen LogP contribution in [0.15, 0.2) is 0 Å². The second-order valence-electron chi connectivity index (χ2n) is 4.14. The summed E-state index contributed by atoms with van der Waals surface area (Å²) in [4.78, 5) is 8.28. The molecule has 4 N–H and O–H groups in total. The van der Waals surface area contributed by atoms with Crippen molar-refractivity contribution < 1.29 is 5.11 Å². The quantitative estimate of drug-likeness (QED) is 0.710. The number of nitrogens with two attached hydrogens (primary N) is 1. The molecule has 0 aromatic carbocycles. The van der Waals surface area contributed by atoms with Crippen LogP contribution in [0.2, 0.25) is 0 Å². The van der Waals surface area contributed by atoms with Gasteiger partial charge in [-0.2, -0.15) is 4.98 Å². The van der Waals surface area contributed by atoms with Gasteiger partial charge in [-0.15, -0.1) is 0 Å². The lowest BCUT2D eigenvalue weighted by molar-refractivity contribution is 0.182. The van der Waals surface area contributed by atoms with Crippen LogP contribution in [0.3, 0.4) is 0 Å². The predicted molar refractivity (Wildman–Crippen MR) is 71.2 cm³/mol. The summed E-state index contributed by atoms with van der Waals surface area (Å²) in [6, 6.07) is 0.289. The molecule has 1 aromatic heterocycles. The van der Waals surface area contributed by atoms with E-state index in [1.165, 1.54) is 0 Å². The molecule has 88 valence electrons. The molecule has 6 heteroatoms. The zero-order valence-corrected chi connectivity index (χ0v) is 11.2. The maximum absolute atomic E-state index is 9.46. The number of halogens is 1. The third kappa shape index (κ3) is 2.54. The molecule has 5 nitrogen and oxygen atoms in total. The van der Waals surface area contributed by atoms with E-state index < -0.39 is 0 Å². The number of nitrogen functional groups attached to an aromatic ring is 1. The number of hydrogen-bond acceptors (Lipinski definition) is 5. The van der Waals surface area contributed by atoms with Gasteiger partial charge < -0.3 is 16.2 Å². The summed E-state index contributed by atoms with van der Waals surface area (Å²) >= 11 is 2.21. The van der Waals surface area contributed by atoms with Crippen LogP contribution in [0.5, 0.6) is 0 Å². The molecule has 0 saturated heterocycles. The third-order valence-electron chi connectivity index (χ3n) is 2.78. The van der Waals surface area contributed by atoms with Crippen LogP contribution in [0, 0.1) is 10.5 Å². The summed E-state index contributed by atoms with van der Waals surface area (Å²) in [5, 5.41) is 12.8. The Morgan fingerprint density at radius 2 is 2.19 bits per heavy atom. The van der Waals surface area contributed by atoms with Crippen molar-refractivity contribution in [2.24, 2.45) is 0 Å². The lowest BCUT2D eigenvalue weighted by Crippen LogP contribution is -2.19. The number of nitrogens with zero attached hydrogens (tertiary/aromatic N) is 2. The van der Waals surface area contributed by atoms with Gasteiger partial charge >= 0.3 is 0 Å². The molecule has 0 bridgehead atoms. The Balaban J connectivity index is 2.15. The molecule has 1 heterocycles. The van der Waals surface area contributed by atoms with E-state index in [0.717, 1.165) is 34.3 Å². The number of aliphatic hydroxyl groups excluding tert-OH is 1. The summed E-state index contributed by atoms with van der Waals surface area (Å²) in [6.07, 6.45) is 2.42. The molecule has 0 unspecified atom stereocenters. The minimum absolute atomic E-state index is 0.185. The Hall–Kier alpha value is -0.630. The Morgan fingerprint density at radius 3 is 2.81 bits per heavy atom. The van der Waals surface area contributed by atoms with Crippen molar-refractivity contribution in [1.82, 2.24) is 9.97 Å². The van der Waals surface area contributed by atoms with Gasteiger partial charge in [0.1, 0.15) is 5.82 Å². The molecule has 16 heavy (non-hydrogen) atoms. The SMILES string of the molecule is Cc1nc(N)nc(N[C@@H]2CC[C@@H](O)C2)c1I. The van der Waals surface area contributed by atoms with Crippen molar-refractivity contribution in [3.8, 4) is 0 Å². The maximum atomic E-state index is 9.46. The molecule has 1 aliphatic rings. The molecule has 0 amide bonds. The summed E-state index contributed by atoms with van der Waals surface area (Å²) in [5.41, 5.74) is 6.50. The highest BCUT2D eigenvalue weighted by atomic mass is 127. The molecular formula is C10H15IN4O. The summed E-state index contributed by atoms with van der Waals surface area (Å²) in [5.74, 6) is 1.07. The van der Waals surface area contributed by atoms with Gasteiger partial charge in [-0.1, -0.05) is 0 Å². The highest BCUT2D eigenvalue weighted by molar-refractivity contribution is 14.1. The van der Waals surface area contributed by atoms with E-state index in [4.69, 9.17) is 5.73 Å². The highest BCUT2D eigenvalue weighted by Gasteiger charge is 2.23. The average molecular weight is 334 g/mol. The van der Waals surface area contributed by atoms with Crippen LogP contribution >= 0.6 is 22.6 Å². The molecule has 0 spiro atoms. The van der Waals surface area contributed by atoms with Crippen LogP contribution in [-0.2, 0) is 0 Å². The fraction of sp³-hybridized carbons (Fsp3) is 0.600. The minimum Gasteiger partial charge on any atom is -0.393 e. The van der Waals surface area contributed by atoms with E-state index in [1.807, 2.05) is 6.92 Å². The first-order chi connectivity index (χ1) is 7.56. The lowest BCUT2D eigenvalue weighted by Gasteiger charge is -2.15. The van der Waals surface area contributed by atoms with Gasteiger partial charge in [-0.3, -0.25) is 0 Å². The smallest absolute Gasteiger partial charge is 0.222 e. The molecule has 1 fully saturated rings. The average Bonchev–Trinajstić information content (AvgIpc) is 2.60. The number of aromatic nitrogens is 2. The molecule has 2 atom stereocenters. The van der Waals surface area contributed by atoms with Gasteiger partial charge in [0.15, 0.2) is 0 Å². The van der Waals surface area contributed by atoms with Gasteiger partial charge in [0.25, 0.3) is 0 Å². The topological polar surface area (TPSA) is 84.1 Å². The van der Waals surface area contributed by atoms with Gasteiger partial charge in [0.2, 0.25) is 5.95 Å². The minimum atomic E-state index is -0.185.